The third kappa shape index (κ3) is 5.38. The van der Waals surface area contributed by atoms with Gasteiger partial charge in [-0.1, -0.05) is 12.1 Å². The highest BCUT2D eigenvalue weighted by molar-refractivity contribution is 5.80. The molecule has 0 bridgehead atoms. The van der Waals surface area contributed by atoms with E-state index in [1.807, 2.05) is 38.2 Å². The fourth-order valence-electron chi connectivity index (χ4n) is 4.82. The van der Waals surface area contributed by atoms with Crippen molar-refractivity contribution in [2.75, 3.05) is 38.2 Å². The summed E-state index contributed by atoms with van der Waals surface area (Å²) in [6.07, 6.45) is 5.50. The van der Waals surface area contributed by atoms with Gasteiger partial charge in [0, 0.05) is 50.9 Å². The van der Waals surface area contributed by atoms with Crippen LogP contribution in [0.3, 0.4) is 0 Å². The Labute approximate surface area is 191 Å². The van der Waals surface area contributed by atoms with Gasteiger partial charge in [0.05, 0.1) is 18.7 Å². The third-order valence-electron chi connectivity index (χ3n) is 6.39. The Morgan fingerprint density at radius 1 is 1.19 bits per heavy atom. The zero-order valence-corrected chi connectivity index (χ0v) is 19.5. The summed E-state index contributed by atoms with van der Waals surface area (Å²) in [5, 5.41) is 3.13. The molecule has 2 saturated heterocycles. The molecule has 2 aliphatic heterocycles. The summed E-state index contributed by atoms with van der Waals surface area (Å²) in [7, 11) is 1.69. The SMILES string of the molecule is COc1cccc(CN2C[C@H](C(=O)NC(C)C)[C@@H](c3ccnc(N4CCCCC4)n3)C2)c1. The summed E-state index contributed by atoms with van der Waals surface area (Å²) >= 11 is 0. The van der Waals surface area contributed by atoms with E-state index in [4.69, 9.17) is 9.72 Å². The van der Waals surface area contributed by atoms with Crippen LogP contribution in [0.25, 0.3) is 0 Å². The summed E-state index contributed by atoms with van der Waals surface area (Å²) in [5.41, 5.74) is 2.15. The van der Waals surface area contributed by atoms with Gasteiger partial charge in [-0.05, 0) is 56.9 Å². The molecule has 0 unspecified atom stereocenters. The molecule has 0 spiro atoms. The smallest absolute Gasteiger partial charge is 0.225 e. The minimum absolute atomic E-state index is 0.0471. The Morgan fingerprint density at radius 2 is 2.00 bits per heavy atom. The van der Waals surface area contributed by atoms with Crippen LogP contribution in [0.2, 0.25) is 0 Å². The van der Waals surface area contributed by atoms with E-state index in [0.717, 1.165) is 43.6 Å². The molecule has 172 valence electrons. The number of anilines is 1. The van der Waals surface area contributed by atoms with E-state index < -0.39 is 0 Å². The molecule has 2 atom stereocenters. The number of hydrogen-bond acceptors (Lipinski definition) is 6. The van der Waals surface area contributed by atoms with E-state index in [0.29, 0.717) is 6.54 Å². The normalized spacial score (nSPS) is 21.7. The maximum absolute atomic E-state index is 13.1. The summed E-state index contributed by atoms with van der Waals surface area (Å²) in [6.45, 7) is 8.32. The van der Waals surface area contributed by atoms with E-state index in [9.17, 15) is 4.79 Å². The van der Waals surface area contributed by atoms with Gasteiger partial charge in [-0.3, -0.25) is 9.69 Å². The molecule has 2 fully saturated rings. The van der Waals surface area contributed by atoms with Crippen molar-refractivity contribution in [1.82, 2.24) is 20.2 Å². The number of nitrogens with zero attached hydrogens (tertiary/aromatic N) is 4. The first kappa shape index (κ1) is 22.5. The number of piperidine rings is 1. The highest BCUT2D eigenvalue weighted by atomic mass is 16.5. The number of hydrogen-bond donors (Lipinski definition) is 1. The average molecular weight is 438 g/mol. The Hall–Kier alpha value is -2.67. The van der Waals surface area contributed by atoms with Crippen molar-refractivity contribution >= 4 is 11.9 Å². The lowest BCUT2D eigenvalue weighted by Crippen LogP contribution is -2.38. The minimum atomic E-state index is -0.132. The number of amides is 1. The standard InChI is InChI=1S/C25H35N5O2/c1-18(2)27-24(31)22-17-29(15-19-8-7-9-20(14-19)32-3)16-21(22)23-10-11-26-25(28-23)30-12-5-4-6-13-30/h7-11,14,18,21-22H,4-6,12-13,15-17H2,1-3H3,(H,27,31)/t21-,22-/m0/s1. The maximum atomic E-state index is 13.1. The number of carbonyl (C=O) groups is 1. The fourth-order valence-corrected chi connectivity index (χ4v) is 4.82. The van der Waals surface area contributed by atoms with E-state index in [1.54, 1.807) is 7.11 Å². The van der Waals surface area contributed by atoms with Gasteiger partial charge in [-0.25, -0.2) is 9.97 Å². The first-order valence-electron chi connectivity index (χ1n) is 11.8. The lowest BCUT2D eigenvalue weighted by Gasteiger charge is -2.27. The highest BCUT2D eigenvalue weighted by Gasteiger charge is 2.39. The molecular formula is C25H35N5O2. The molecule has 3 heterocycles. The van der Waals surface area contributed by atoms with E-state index >= 15 is 0 Å². The van der Waals surface area contributed by atoms with Crippen LogP contribution in [-0.2, 0) is 11.3 Å². The van der Waals surface area contributed by atoms with E-state index in [2.05, 4.69) is 32.2 Å². The van der Waals surface area contributed by atoms with Crippen LogP contribution in [0.15, 0.2) is 36.5 Å². The van der Waals surface area contributed by atoms with Crippen molar-refractivity contribution in [2.45, 2.75) is 51.6 Å². The Morgan fingerprint density at radius 3 is 2.75 bits per heavy atom. The molecule has 4 rings (SSSR count). The first-order chi connectivity index (χ1) is 15.5. The molecule has 1 amide bonds. The molecule has 2 aliphatic rings. The molecule has 7 nitrogen and oxygen atoms in total. The Balaban J connectivity index is 1.55. The number of aromatic nitrogens is 2. The third-order valence-corrected chi connectivity index (χ3v) is 6.39. The van der Waals surface area contributed by atoms with Gasteiger partial charge < -0.3 is 15.0 Å². The van der Waals surface area contributed by atoms with Crippen LogP contribution in [0.1, 0.15) is 50.3 Å². The predicted octanol–water partition coefficient (Wildman–Crippen LogP) is 3.22. The van der Waals surface area contributed by atoms with Crippen molar-refractivity contribution < 1.29 is 9.53 Å². The monoisotopic (exact) mass is 437 g/mol. The quantitative estimate of drug-likeness (QED) is 0.717. The van der Waals surface area contributed by atoms with Gasteiger partial charge in [0.2, 0.25) is 11.9 Å². The van der Waals surface area contributed by atoms with Crippen molar-refractivity contribution in [2.24, 2.45) is 5.92 Å². The fraction of sp³-hybridized carbons (Fsp3) is 0.560. The van der Waals surface area contributed by atoms with Crippen molar-refractivity contribution in [3.63, 3.8) is 0 Å². The van der Waals surface area contributed by atoms with E-state index in [-0.39, 0.29) is 23.8 Å². The molecule has 32 heavy (non-hydrogen) atoms. The van der Waals surface area contributed by atoms with Gasteiger partial charge in [0.25, 0.3) is 0 Å². The van der Waals surface area contributed by atoms with Gasteiger partial charge in [0.15, 0.2) is 0 Å². The van der Waals surface area contributed by atoms with Crippen molar-refractivity contribution in [1.29, 1.82) is 0 Å². The van der Waals surface area contributed by atoms with Crippen LogP contribution in [0.4, 0.5) is 5.95 Å². The van der Waals surface area contributed by atoms with Crippen molar-refractivity contribution in [3.05, 3.63) is 47.8 Å². The van der Waals surface area contributed by atoms with Crippen LogP contribution in [-0.4, -0.2) is 60.1 Å². The lowest BCUT2D eigenvalue weighted by atomic mass is 9.91. The molecule has 1 aromatic carbocycles. The Kier molecular flexibility index (Phi) is 7.25. The second kappa shape index (κ2) is 10.3. The zero-order valence-electron chi connectivity index (χ0n) is 19.5. The molecular weight excluding hydrogens is 402 g/mol. The zero-order chi connectivity index (χ0) is 22.5. The molecule has 1 aromatic heterocycles. The van der Waals surface area contributed by atoms with Gasteiger partial charge in [-0.2, -0.15) is 0 Å². The lowest BCUT2D eigenvalue weighted by molar-refractivity contribution is -0.125. The minimum Gasteiger partial charge on any atom is -0.497 e. The second-order valence-electron chi connectivity index (χ2n) is 9.25. The first-order valence-corrected chi connectivity index (χ1v) is 11.8. The summed E-state index contributed by atoms with van der Waals surface area (Å²) in [4.78, 5) is 27.2. The molecule has 0 saturated carbocycles. The van der Waals surface area contributed by atoms with Gasteiger partial charge in [0.1, 0.15) is 5.75 Å². The number of likely N-dealkylation sites (tertiary alicyclic amines) is 1. The van der Waals surface area contributed by atoms with Crippen LogP contribution in [0.5, 0.6) is 5.75 Å². The number of ether oxygens (including phenoxy) is 1. The highest BCUT2D eigenvalue weighted by Crippen LogP contribution is 2.34. The number of carbonyl (C=O) groups excluding carboxylic acids is 1. The summed E-state index contributed by atoms with van der Waals surface area (Å²) in [5.74, 6) is 1.68. The average Bonchev–Trinajstić information content (AvgIpc) is 3.23. The van der Waals surface area contributed by atoms with Gasteiger partial charge >= 0.3 is 0 Å². The van der Waals surface area contributed by atoms with Crippen LogP contribution in [0, 0.1) is 5.92 Å². The molecule has 1 N–H and O–H groups in total. The van der Waals surface area contributed by atoms with E-state index in [1.165, 1.54) is 24.8 Å². The second-order valence-corrected chi connectivity index (χ2v) is 9.25. The largest absolute Gasteiger partial charge is 0.497 e. The molecule has 7 heteroatoms. The van der Waals surface area contributed by atoms with Gasteiger partial charge in [-0.15, -0.1) is 0 Å². The summed E-state index contributed by atoms with van der Waals surface area (Å²) in [6, 6.07) is 10.2. The molecule has 0 aliphatic carbocycles. The molecule has 2 aromatic rings. The van der Waals surface area contributed by atoms with Crippen molar-refractivity contribution in [3.8, 4) is 5.75 Å². The van der Waals surface area contributed by atoms with Crippen LogP contribution >= 0.6 is 0 Å². The molecule has 0 radical (unpaired) electrons. The number of nitrogens with one attached hydrogen (secondary N) is 1. The number of benzene rings is 1. The summed E-state index contributed by atoms with van der Waals surface area (Å²) < 4.78 is 5.38. The Bertz CT molecular complexity index is 913. The maximum Gasteiger partial charge on any atom is 0.225 e. The topological polar surface area (TPSA) is 70.6 Å². The van der Waals surface area contributed by atoms with Crippen LogP contribution < -0.4 is 15.0 Å². The predicted molar refractivity (Wildman–Crippen MR) is 126 cm³/mol. The number of rotatable bonds is 7. The number of methoxy groups -OCH3 is 1.